The van der Waals surface area contributed by atoms with Gasteiger partial charge in [0.2, 0.25) is 0 Å². The van der Waals surface area contributed by atoms with Crippen molar-refractivity contribution < 1.29 is 5.21 Å². The first kappa shape index (κ1) is 15.2. The molecule has 1 rings (SSSR count). The van der Waals surface area contributed by atoms with Gasteiger partial charge in [0, 0.05) is 31.4 Å². The molecule has 3 N–H and O–H groups in total. The van der Waals surface area contributed by atoms with Crippen molar-refractivity contribution in [3.05, 3.63) is 23.9 Å². The molecule has 0 radical (unpaired) electrons. The molecule has 0 aromatic carbocycles. The zero-order valence-electron chi connectivity index (χ0n) is 11.9. The summed E-state index contributed by atoms with van der Waals surface area (Å²) in [6.07, 6.45) is 2.73. The number of amidine groups is 1. The van der Waals surface area contributed by atoms with Gasteiger partial charge in [-0.15, -0.1) is 0 Å². The second-order valence-electron chi connectivity index (χ2n) is 4.68. The van der Waals surface area contributed by atoms with Crippen molar-refractivity contribution in [1.82, 2.24) is 9.88 Å². The third-order valence-electron chi connectivity index (χ3n) is 2.78. The third kappa shape index (κ3) is 4.75. The lowest BCUT2D eigenvalue weighted by Crippen LogP contribution is -2.33. The SMILES string of the molecule is CCCN(CCN(C)C)c1cc(C(N)=NO)ccn1. The Bertz CT molecular complexity index is 419. The Balaban J connectivity index is 2.89. The number of oxime groups is 1. The van der Waals surface area contributed by atoms with Gasteiger partial charge in [0.05, 0.1) is 0 Å². The van der Waals surface area contributed by atoms with E-state index in [2.05, 4.69) is 26.9 Å². The van der Waals surface area contributed by atoms with E-state index in [1.807, 2.05) is 20.2 Å². The van der Waals surface area contributed by atoms with Crippen LogP contribution in [-0.2, 0) is 0 Å². The van der Waals surface area contributed by atoms with E-state index in [1.165, 1.54) is 0 Å². The Kier molecular flexibility index (Phi) is 6.08. The molecule has 1 aromatic rings. The number of rotatable bonds is 7. The van der Waals surface area contributed by atoms with Gasteiger partial charge < -0.3 is 20.7 Å². The maximum atomic E-state index is 8.72. The van der Waals surface area contributed by atoms with E-state index in [-0.39, 0.29) is 5.84 Å². The Hall–Kier alpha value is -1.82. The highest BCUT2D eigenvalue weighted by Gasteiger charge is 2.09. The molecular weight excluding hydrogens is 242 g/mol. The average molecular weight is 265 g/mol. The molecule has 0 aliphatic rings. The van der Waals surface area contributed by atoms with Crippen LogP contribution in [0.5, 0.6) is 0 Å². The van der Waals surface area contributed by atoms with Crippen molar-refractivity contribution >= 4 is 11.7 Å². The minimum absolute atomic E-state index is 0.104. The van der Waals surface area contributed by atoms with Gasteiger partial charge in [-0.1, -0.05) is 12.1 Å². The molecule has 0 spiro atoms. The molecular formula is C13H23N5O. The number of aromatic nitrogens is 1. The van der Waals surface area contributed by atoms with Crippen molar-refractivity contribution in [3.8, 4) is 0 Å². The Morgan fingerprint density at radius 1 is 1.37 bits per heavy atom. The predicted octanol–water partition coefficient (Wildman–Crippen LogP) is 0.954. The maximum Gasteiger partial charge on any atom is 0.170 e. The summed E-state index contributed by atoms with van der Waals surface area (Å²) in [5.74, 6) is 0.959. The normalized spacial score (nSPS) is 11.9. The lowest BCUT2D eigenvalue weighted by molar-refractivity contribution is 0.318. The molecule has 6 heteroatoms. The second kappa shape index (κ2) is 7.58. The van der Waals surface area contributed by atoms with E-state index in [0.717, 1.165) is 31.9 Å². The summed E-state index contributed by atoms with van der Waals surface area (Å²) in [6.45, 7) is 4.92. The number of anilines is 1. The van der Waals surface area contributed by atoms with Crippen LogP contribution in [0.15, 0.2) is 23.5 Å². The minimum atomic E-state index is 0.104. The summed E-state index contributed by atoms with van der Waals surface area (Å²) in [7, 11) is 4.09. The van der Waals surface area contributed by atoms with E-state index < -0.39 is 0 Å². The first-order chi connectivity index (χ1) is 9.08. The summed E-state index contributed by atoms with van der Waals surface area (Å²) in [6, 6.07) is 3.58. The number of pyridine rings is 1. The van der Waals surface area contributed by atoms with E-state index in [1.54, 1.807) is 12.3 Å². The summed E-state index contributed by atoms with van der Waals surface area (Å²) in [5, 5.41) is 11.7. The molecule has 0 atom stereocenters. The monoisotopic (exact) mass is 265 g/mol. The highest BCUT2D eigenvalue weighted by atomic mass is 16.4. The van der Waals surface area contributed by atoms with Crippen LogP contribution in [0.25, 0.3) is 0 Å². The van der Waals surface area contributed by atoms with Crippen LogP contribution in [0.2, 0.25) is 0 Å². The molecule has 0 saturated carbocycles. The van der Waals surface area contributed by atoms with Crippen molar-refractivity contribution in [3.63, 3.8) is 0 Å². The Labute approximate surface area is 114 Å². The van der Waals surface area contributed by atoms with Crippen LogP contribution in [0, 0.1) is 0 Å². The fraction of sp³-hybridized carbons (Fsp3) is 0.538. The molecule has 0 aliphatic heterocycles. The summed E-state index contributed by atoms with van der Waals surface area (Å²) in [5.41, 5.74) is 6.28. The Morgan fingerprint density at radius 2 is 2.11 bits per heavy atom. The molecule has 0 saturated heterocycles. The van der Waals surface area contributed by atoms with Crippen LogP contribution in [0.1, 0.15) is 18.9 Å². The largest absolute Gasteiger partial charge is 0.409 e. The quantitative estimate of drug-likeness (QED) is 0.332. The van der Waals surface area contributed by atoms with Gasteiger partial charge in [-0.2, -0.15) is 0 Å². The van der Waals surface area contributed by atoms with Crippen LogP contribution >= 0.6 is 0 Å². The highest BCUT2D eigenvalue weighted by molar-refractivity contribution is 5.97. The maximum absolute atomic E-state index is 8.72. The second-order valence-corrected chi connectivity index (χ2v) is 4.68. The van der Waals surface area contributed by atoms with Crippen LogP contribution in [0.4, 0.5) is 5.82 Å². The van der Waals surface area contributed by atoms with Crippen molar-refractivity contribution in [2.45, 2.75) is 13.3 Å². The third-order valence-corrected chi connectivity index (χ3v) is 2.78. The first-order valence-corrected chi connectivity index (χ1v) is 6.42. The average Bonchev–Trinajstić information content (AvgIpc) is 2.42. The zero-order valence-corrected chi connectivity index (χ0v) is 11.9. The number of nitrogens with zero attached hydrogens (tertiary/aromatic N) is 4. The molecule has 6 nitrogen and oxygen atoms in total. The molecule has 0 fully saturated rings. The summed E-state index contributed by atoms with van der Waals surface area (Å²) in [4.78, 5) is 8.71. The van der Waals surface area contributed by atoms with Crippen LogP contribution in [-0.4, -0.2) is 54.7 Å². The number of likely N-dealkylation sites (N-methyl/N-ethyl adjacent to an activating group) is 1. The topological polar surface area (TPSA) is 78.0 Å². The van der Waals surface area contributed by atoms with Crippen molar-refractivity contribution in [2.24, 2.45) is 10.9 Å². The van der Waals surface area contributed by atoms with Crippen LogP contribution < -0.4 is 10.6 Å². The van der Waals surface area contributed by atoms with Gasteiger partial charge in [-0.3, -0.25) is 0 Å². The van der Waals surface area contributed by atoms with Crippen molar-refractivity contribution in [1.29, 1.82) is 0 Å². The fourth-order valence-corrected chi connectivity index (χ4v) is 1.74. The summed E-state index contributed by atoms with van der Waals surface area (Å²) < 4.78 is 0. The molecule has 0 unspecified atom stereocenters. The Morgan fingerprint density at radius 3 is 2.68 bits per heavy atom. The van der Waals surface area contributed by atoms with Crippen molar-refractivity contribution in [2.75, 3.05) is 38.6 Å². The lowest BCUT2D eigenvalue weighted by atomic mass is 10.2. The zero-order chi connectivity index (χ0) is 14.3. The molecule has 19 heavy (non-hydrogen) atoms. The first-order valence-electron chi connectivity index (χ1n) is 6.42. The minimum Gasteiger partial charge on any atom is -0.409 e. The van der Waals surface area contributed by atoms with Gasteiger partial charge in [0.15, 0.2) is 5.84 Å². The smallest absolute Gasteiger partial charge is 0.170 e. The standard InChI is InChI=1S/C13H23N5O/c1-4-7-18(9-8-17(2)3)12-10-11(5-6-15-12)13(14)16-19/h5-6,10,19H,4,7-9H2,1-3H3,(H2,14,16). The molecule has 1 aromatic heterocycles. The number of hydrogen-bond acceptors (Lipinski definition) is 5. The number of hydrogen-bond donors (Lipinski definition) is 2. The fourth-order valence-electron chi connectivity index (χ4n) is 1.74. The molecule has 0 aliphatic carbocycles. The molecule has 1 heterocycles. The summed E-state index contributed by atoms with van der Waals surface area (Å²) >= 11 is 0. The molecule has 106 valence electrons. The van der Waals surface area contributed by atoms with E-state index in [4.69, 9.17) is 10.9 Å². The lowest BCUT2D eigenvalue weighted by Gasteiger charge is -2.25. The number of nitrogens with two attached hydrogens (primary N) is 1. The van der Waals surface area contributed by atoms with E-state index >= 15 is 0 Å². The predicted molar refractivity (Wildman–Crippen MR) is 77.8 cm³/mol. The van der Waals surface area contributed by atoms with Gasteiger partial charge in [0.25, 0.3) is 0 Å². The van der Waals surface area contributed by atoms with Gasteiger partial charge >= 0.3 is 0 Å². The van der Waals surface area contributed by atoms with Crippen LogP contribution in [0.3, 0.4) is 0 Å². The van der Waals surface area contributed by atoms with E-state index in [9.17, 15) is 0 Å². The van der Waals surface area contributed by atoms with Gasteiger partial charge in [0.1, 0.15) is 5.82 Å². The molecule has 0 amide bonds. The van der Waals surface area contributed by atoms with Gasteiger partial charge in [-0.25, -0.2) is 4.98 Å². The van der Waals surface area contributed by atoms with Gasteiger partial charge in [-0.05, 0) is 32.6 Å². The molecule has 0 bridgehead atoms. The highest BCUT2D eigenvalue weighted by Crippen LogP contribution is 2.13. The van der Waals surface area contributed by atoms with E-state index in [0.29, 0.717) is 5.56 Å².